The van der Waals surface area contributed by atoms with Crippen LogP contribution in [0.5, 0.6) is 0 Å². The Hall–Kier alpha value is -1.06. The van der Waals surface area contributed by atoms with Gasteiger partial charge in [-0.2, -0.15) is 0 Å². The Labute approximate surface area is 64.7 Å². The van der Waals surface area contributed by atoms with Crippen LogP contribution in [0, 0.1) is 0 Å². The van der Waals surface area contributed by atoms with Gasteiger partial charge in [-0.1, -0.05) is 18.0 Å². The highest BCUT2D eigenvalue weighted by Gasteiger charge is 2.22. The van der Waals surface area contributed by atoms with Gasteiger partial charge in [0.15, 0.2) is 5.82 Å². The fourth-order valence-electron chi connectivity index (χ4n) is 1.68. The molecule has 1 aromatic rings. The molecule has 2 rings (SSSR count). The topological polar surface area (TPSA) is 64.9 Å². The maximum Gasteiger partial charge on any atom is 0.191 e. The van der Waals surface area contributed by atoms with Gasteiger partial charge >= 0.3 is 0 Å². The normalized spacial score (nSPS) is 19.3. The number of nitrogen functional groups attached to an aromatic ring is 1. The number of anilines is 1. The summed E-state index contributed by atoms with van der Waals surface area (Å²) in [6.45, 7) is 0. The Kier molecular flexibility index (Phi) is 1.52. The van der Waals surface area contributed by atoms with Crippen molar-refractivity contribution in [2.24, 2.45) is 0 Å². The molecule has 0 amide bonds. The molecule has 1 aromatic heterocycles. The first-order valence-corrected chi connectivity index (χ1v) is 3.96. The second kappa shape index (κ2) is 2.53. The van der Waals surface area contributed by atoms with Crippen LogP contribution in [0.1, 0.15) is 37.3 Å². The largest absolute Gasteiger partial charge is 0.379 e. The van der Waals surface area contributed by atoms with Crippen molar-refractivity contribution < 1.29 is 4.63 Å². The molecule has 0 aliphatic heterocycles. The highest BCUT2D eigenvalue weighted by atomic mass is 16.6. The summed E-state index contributed by atoms with van der Waals surface area (Å²) in [5, 5.41) is 7.34. The van der Waals surface area contributed by atoms with E-state index in [4.69, 9.17) is 5.73 Å². The van der Waals surface area contributed by atoms with E-state index in [1.807, 2.05) is 0 Å². The van der Waals surface area contributed by atoms with Crippen LogP contribution < -0.4 is 5.73 Å². The molecule has 0 saturated heterocycles. The molecular formula is C7H11N3O. The molecule has 0 aromatic carbocycles. The molecule has 1 aliphatic carbocycles. The molecule has 1 aliphatic rings. The highest BCUT2D eigenvalue weighted by Crippen LogP contribution is 2.34. The van der Waals surface area contributed by atoms with Crippen molar-refractivity contribution in [2.45, 2.75) is 31.6 Å². The summed E-state index contributed by atoms with van der Waals surface area (Å²) in [6.07, 6.45) is 4.91. The number of hydrogen-bond acceptors (Lipinski definition) is 4. The van der Waals surface area contributed by atoms with E-state index in [-0.39, 0.29) is 0 Å². The Morgan fingerprint density at radius 1 is 1.27 bits per heavy atom. The standard InChI is InChI=1S/C7H11N3O/c8-7-6(9-11-10-7)5-3-1-2-4-5/h5H,1-4H2,(H2,8,10). The molecule has 0 unspecified atom stereocenters. The quantitative estimate of drug-likeness (QED) is 0.660. The molecule has 4 heteroatoms. The van der Waals surface area contributed by atoms with Crippen LogP contribution in [0.4, 0.5) is 5.82 Å². The average molecular weight is 153 g/mol. The summed E-state index contributed by atoms with van der Waals surface area (Å²) in [4.78, 5) is 0. The van der Waals surface area contributed by atoms with Crippen LogP contribution in [-0.2, 0) is 0 Å². The van der Waals surface area contributed by atoms with Crippen molar-refractivity contribution in [1.29, 1.82) is 0 Å². The molecule has 0 spiro atoms. The van der Waals surface area contributed by atoms with Gasteiger partial charge in [-0.05, 0) is 18.0 Å². The first-order valence-electron chi connectivity index (χ1n) is 3.96. The lowest BCUT2D eigenvalue weighted by Crippen LogP contribution is -1.97. The van der Waals surface area contributed by atoms with Crippen molar-refractivity contribution in [3.63, 3.8) is 0 Å². The second-order valence-corrected chi connectivity index (χ2v) is 3.02. The predicted octanol–water partition coefficient (Wildman–Crippen LogP) is 1.31. The van der Waals surface area contributed by atoms with Crippen molar-refractivity contribution >= 4 is 5.82 Å². The summed E-state index contributed by atoms with van der Waals surface area (Å²) in [7, 11) is 0. The summed E-state index contributed by atoms with van der Waals surface area (Å²) in [5.41, 5.74) is 6.42. The third kappa shape index (κ3) is 1.08. The molecule has 2 N–H and O–H groups in total. The Balaban J connectivity index is 2.21. The molecule has 0 atom stereocenters. The summed E-state index contributed by atoms with van der Waals surface area (Å²) in [5.74, 6) is 0.971. The van der Waals surface area contributed by atoms with E-state index < -0.39 is 0 Å². The highest BCUT2D eigenvalue weighted by molar-refractivity contribution is 5.34. The van der Waals surface area contributed by atoms with Gasteiger partial charge in [-0.25, -0.2) is 4.63 Å². The average Bonchev–Trinajstić information content (AvgIpc) is 2.55. The van der Waals surface area contributed by atoms with Gasteiger partial charge in [0.05, 0.1) is 0 Å². The van der Waals surface area contributed by atoms with Gasteiger partial charge < -0.3 is 5.73 Å². The smallest absolute Gasteiger partial charge is 0.191 e. The monoisotopic (exact) mass is 153 g/mol. The molecule has 0 bridgehead atoms. The lowest BCUT2D eigenvalue weighted by atomic mass is 10.0. The van der Waals surface area contributed by atoms with Gasteiger partial charge in [-0.15, -0.1) is 0 Å². The van der Waals surface area contributed by atoms with Crippen LogP contribution in [0.3, 0.4) is 0 Å². The first kappa shape index (κ1) is 6.64. The van der Waals surface area contributed by atoms with Crippen LogP contribution >= 0.6 is 0 Å². The molecule has 11 heavy (non-hydrogen) atoms. The number of rotatable bonds is 1. The van der Waals surface area contributed by atoms with Crippen molar-refractivity contribution in [3.8, 4) is 0 Å². The van der Waals surface area contributed by atoms with Crippen molar-refractivity contribution in [2.75, 3.05) is 5.73 Å². The molecule has 1 fully saturated rings. The van der Waals surface area contributed by atoms with Gasteiger partial charge in [-0.3, -0.25) is 0 Å². The Morgan fingerprint density at radius 3 is 2.55 bits per heavy atom. The zero-order chi connectivity index (χ0) is 7.68. The van der Waals surface area contributed by atoms with E-state index in [1.165, 1.54) is 25.7 Å². The maximum atomic E-state index is 5.55. The fraction of sp³-hybridized carbons (Fsp3) is 0.714. The lowest BCUT2D eigenvalue weighted by molar-refractivity contribution is 0.302. The van der Waals surface area contributed by atoms with E-state index in [1.54, 1.807) is 0 Å². The van der Waals surface area contributed by atoms with Crippen LogP contribution in [0.25, 0.3) is 0 Å². The zero-order valence-electron chi connectivity index (χ0n) is 6.29. The third-order valence-electron chi connectivity index (χ3n) is 2.28. The first-order chi connectivity index (χ1) is 5.38. The Morgan fingerprint density at radius 2 is 2.00 bits per heavy atom. The second-order valence-electron chi connectivity index (χ2n) is 3.02. The SMILES string of the molecule is Nc1nonc1C1CCCC1. The van der Waals surface area contributed by atoms with Gasteiger partial charge in [0.25, 0.3) is 0 Å². The number of nitrogens with two attached hydrogens (primary N) is 1. The minimum atomic E-state index is 0.469. The molecule has 0 radical (unpaired) electrons. The van der Waals surface area contributed by atoms with E-state index >= 15 is 0 Å². The van der Waals surface area contributed by atoms with Crippen LogP contribution in [0.2, 0.25) is 0 Å². The van der Waals surface area contributed by atoms with E-state index in [9.17, 15) is 0 Å². The molecular weight excluding hydrogens is 142 g/mol. The number of nitrogens with zero attached hydrogens (tertiary/aromatic N) is 2. The van der Waals surface area contributed by atoms with Crippen molar-refractivity contribution in [1.82, 2.24) is 10.3 Å². The van der Waals surface area contributed by atoms with Crippen molar-refractivity contribution in [3.05, 3.63) is 5.69 Å². The zero-order valence-corrected chi connectivity index (χ0v) is 6.29. The minimum Gasteiger partial charge on any atom is -0.379 e. The van der Waals surface area contributed by atoms with Crippen LogP contribution in [-0.4, -0.2) is 10.3 Å². The molecule has 4 nitrogen and oxygen atoms in total. The number of aromatic nitrogens is 2. The van der Waals surface area contributed by atoms with E-state index in [0.29, 0.717) is 11.7 Å². The maximum absolute atomic E-state index is 5.55. The summed E-state index contributed by atoms with van der Waals surface area (Å²) >= 11 is 0. The van der Waals surface area contributed by atoms with E-state index in [2.05, 4.69) is 14.9 Å². The molecule has 60 valence electrons. The molecule has 1 saturated carbocycles. The summed E-state index contributed by atoms with van der Waals surface area (Å²) < 4.78 is 4.53. The lowest BCUT2D eigenvalue weighted by Gasteiger charge is -2.01. The van der Waals surface area contributed by atoms with E-state index in [0.717, 1.165) is 5.69 Å². The van der Waals surface area contributed by atoms with Crippen LogP contribution in [0.15, 0.2) is 4.63 Å². The predicted molar refractivity (Wildman–Crippen MR) is 39.9 cm³/mol. The third-order valence-corrected chi connectivity index (χ3v) is 2.28. The number of hydrogen-bond donors (Lipinski definition) is 1. The summed E-state index contributed by atoms with van der Waals surface area (Å²) in [6, 6.07) is 0. The van der Waals surface area contributed by atoms with Gasteiger partial charge in [0.1, 0.15) is 5.69 Å². The van der Waals surface area contributed by atoms with Gasteiger partial charge in [0.2, 0.25) is 0 Å². The van der Waals surface area contributed by atoms with Gasteiger partial charge in [0, 0.05) is 5.92 Å². The fourth-order valence-corrected chi connectivity index (χ4v) is 1.68. The molecule has 1 heterocycles. The minimum absolute atomic E-state index is 0.469. The Bertz CT molecular complexity index is 240.